The Kier molecular flexibility index (Phi) is 16.1. The summed E-state index contributed by atoms with van der Waals surface area (Å²) in [5.41, 5.74) is 0. The summed E-state index contributed by atoms with van der Waals surface area (Å²) in [4.78, 5) is 0. The minimum atomic E-state index is -2.12. The molecule has 328 valence electrons. The highest BCUT2D eigenvalue weighted by molar-refractivity contribution is 4.99. The van der Waals surface area contributed by atoms with Crippen molar-refractivity contribution in [2.24, 2.45) is 0 Å². The highest BCUT2D eigenvalue weighted by Gasteiger charge is 2.56. The molecule has 0 unspecified atom stereocenters. The van der Waals surface area contributed by atoms with Crippen LogP contribution in [0.2, 0.25) is 0 Å². The van der Waals surface area contributed by atoms with Gasteiger partial charge < -0.3 is 129 Å². The number of aliphatic hydroxyl groups is 17. The van der Waals surface area contributed by atoms with E-state index >= 15 is 0 Å². The van der Waals surface area contributed by atoms with E-state index in [0.29, 0.717) is 0 Å². The van der Waals surface area contributed by atoms with Gasteiger partial charge in [-0.15, -0.1) is 0 Å². The molecule has 5 aliphatic rings. The van der Waals surface area contributed by atoms with Crippen molar-refractivity contribution in [2.45, 2.75) is 154 Å². The van der Waals surface area contributed by atoms with Gasteiger partial charge in [0.15, 0.2) is 31.5 Å². The fourth-order valence-electron chi connectivity index (χ4n) is 7.03. The second kappa shape index (κ2) is 19.6. The molecule has 25 atom stereocenters. The van der Waals surface area contributed by atoms with Crippen LogP contribution in [0.4, 0.5) is 0 Å². The second-order valence-electron chi connectivity index (χ2n) is 13.9. The summed E-state index contributed by atoms with van der Waals surface area (Å²) in [7, 11) is 0. The van der Waals surface area contributed by atoms with E-state index in [-0.39, 0.29) is 0 Å². The summed E-state index contributed by atoms with van der Waals surface area (Å²) in [5.74, 6) is 0. The molecule has 5 fully saturated rings. The lowest BCUT2D eigenvalue weighted by Crippen LogP contribution is -2.68. The van der Waals surface area contributed by atoms with Crippen LogP contribution < -0.4 is 0 Å². The van der Waals surface area contributed by atoms with Gasteiger partial charge in [-0.2, -0.15) is 0 Å². The third-order valence-electron chi connectivity index (χ3n) is 10.3. The number of rotatable bonds is 13. The van der Waals surface area contributed by atoms with Crippen molar-refractivity contribution in [2.75, 3.05) is 33.0 Å². The molecule has 17 N–H and O–H groups in total. The lowest BCUT2D eigenvalue weighted by atomic mass is 9.95. The molecule has 0 aromatic heterocycles. The van der Waals surface area contributed by atoms with Crippen molar-refractivity contribution in [1.82, 2.24) is 0 Å². The summed E-state index contributed by atoms with van der Waals surface area (Å²) < 4.78 is 49.1. The Morgan fingerprint density at radius 3 is 0.821 bits per heavy atom. The molecule has 26 heteroatoms. The quantitative estimate of drug-likeness (QED) is 0.0819. The monoisotopic (exact) mass is 828 g/mol. The number of hydrogen-bond acceptors (Lipinski definition) is 26. The maximum Gasteiger partial charge on any atom is 0.187 e. The molecule has 0 saturated carbocycles. The Hall–Kier alpha value is -1.04. The smallest absolute Gasteiger partial charge is 0.187 e. The van der Waals surface area contributed by atoms with Crippen molar-refractivity contribution in [3.05, 3.63) is 0 Å². The Morgan fingerprint density at radius 2 is 0.518 bits per heavy atom. The van der Waals surface area contributed by atoms with Crippen LogP contribution in [-0.2, 0) is 42.6 Å². The fourth-order valence-corrected chi connectivity index (χ4v) is 7.03. The summed E-state index contributed by atoms with van der Waals surface area (Å²) >= 11 is 0. The zero-order valence-electron chi connectivity index (χ0n) is 29.2. The highest BCUT2D eigenvalue weighted by Crippen LogP contribution is 2.35. The first-order valence-electron chi connectivity index (χ1n) is 17.6. The van der Waals surface area contributed by atoms with Gasteiger partial charge in [-0.1, -0.05) is 0 Å². The van der Waals surface area contributed by atoms with E-state index in [4.69, 9.17) is 42.6 Å². The van der Waals surface area contributed by atoms with E-state index in [2.05, 4.69) is 0 Å². The largest absolute Gasteiger partial charge is 0.394 e. The fraction of sp³-hybridized carbons (Fsp3) is 1.00. The summed E-state index contributed by atoms with van der Waals surface area (Å²) in [5, 5.41) is 176. The zero-order valence-corrected chi connectivity index (χ0v) is 29.2. The third-order valence-corrected chi connectivity index (χ3v) is 10.3. The van der Waals surface area contributed by atoms with Crippen molar-refractivity contribution in [3.63, 3.8) is 0 Å². The van der Waals surface area contributed by atoms with Crippen molar-refractivity contribution < 1.29 is 129 Å². The molecule has 5 heterocycles. The predicted molar refractivity (Wildman–Crippen MR) is 167 cm³/mol. The zero-order chi connectivity index (χ0) is 41.3. The Balaban J connectivity index is 1.22. The highest BCUT2D eigenvalue weighted by atomic mass is 16.8. The van der Waals surface area contributed by atoms with Crippen LogP contribution in [0.3, 0.4) is 0 Å². The molecular weight excluding hydrogens is 776 g/mol. The maximum atomic E-state index is 11.1. The Morgan fingerprint density at radius 1 is 0.268 bits per heavy atom. The predicted octanol–water partition coefficient (Wildman–Crippen LogP) is -11.9. The van der Waals surface area contributed by atoms with Crippen molar-refractivity contribution in [3.8, 4) is 0 Å². The van der Waals surface area contributed by atoms with Gasteiger partial charge in [-0.05, 0) is 0 Å². The molecule has 5 saturated heterocycles. The van der Waals surface area contributed by atoms with Crippen molar-refractivity contribution in [1.29, 1.82) is 0 Å². The molecule has 0 aromatic carbocycles. The molecule has 0 amide bonds. The first kappa shape index (κ1) is 46.0. The molecule has 0 aliphatic carbocycles. The van der Waals surface area contributed by atoms with E-state index < -0.39 is 187 Å². The van der Waals surface area contributed by atoms with Crippen molar-refractivity contribution >= 4 is 0 Å². The molecule has 0 spiro atoms. The van der Waals surface area contributed by atoms with Crippen LogP contribution >= 0.6 is 0 Å². The Labute approximate surface area is 316 Å². The number of hydrogen-bond donors (Lipinski definition) is 17. The molecule has 26 nitrogen and oxygen atoms in total. The van der Waals surface area contributed by atoms with Gasteiger partial charge in [0.1, 0.15) is 122 Å². The molecule has 5 aliphatic heterocycles. The number of ether oxygens (including phenoxy) is 9. The Bertz CT molecular complexity index is 1200. The van der Waals surface area contributed by atoms with Crippen LogP contribution in [0, 0.1) is 0 Å². The molecular formula is C30H52O26. The average Bonchev–Trinajstić information content (AvgIpc) is 3.19. The summed E-state index contributed by atoms with van der Waals surface area (Å²) in [6.07, 6.45) is -45.8. The van der Waals surface area contributed by atoms with Crippen LogP contribution in [-0.4, -0.2) is 273 Å². The SMILES string of the molecule is OC[C@H]1O[C@@H](O[C@H]2[C@H](O)[C@@H](O)[C@H](O[C@H]3[C@H](O)[C@@H](O)[C@H](O[C@H]4[C@H](O)[C@@H](O)[C@H](O[C@H]5[C@H](O)[C@@H](O)[C@H](O)O[C@@H]5CO)O[C@@H]4CO)O[C@@H]3CO)O[C@@H]2CO)[C@H](O)[C@@H](O)[C@@H]1O. The normalized spacial score (nSPS) is 53.2. The molecule has 0 radical (unpaired) electrons. The van der Waals surface area contributed by atoms with Gasteiger partial charge in [0.05, 0.1) is 33.0 Å². The molecule has 5 rings (SSSR count). The van der Waals surface area contributed by atoms with E-state index in [1.165, 1.54) is 0 Å². The summed E-state index contributed by atoms with van der Waals surface area (Å²) in [6.45, 7) is -4.51. The van der Waals surface area contributed by atoms with Gasteiger partial charge in [0.25, 0.3) is 0 Å². The van der Waals surface area contributed by atoms with Gasteiger partial charge in [0.2, 0.25) is 0 Å². The minimum Gasteiger partial charge on any atom is -0.394 e. The first-order valence-corrected chi connectivity index (χ1v) is 17.6. The van der Waals surface area contributed by atoms with E-state index in [9.17, 15) is 86.8 Å². The van der Waals surface area contributed by atoms with Crippen LogP contribution in [0.5, 0.6) is 0 Å². The second-order valence-corrected chi connectivity index (χ2v) is 13.9. The van der Waals surface area contributed by atoms with Crippen LogP contribution in [0.15, 0.2) is 0 Å². The first-order chi connectivity index (χ1) is 26.5. The van der Waals surface area contributed by atoms with Crippen LogP contribution in [0.25, 0.3) is 0 Å². The summed E-state index contributed by atoms with van der Waals surface area (Å²) in [6, 6.07) is 0. The van der Waals surface area contributed by atoms with Gasteiger partial charge in [0, 0.05) is 0 Å². The lowest BCUT2D eigenvalue weighted by Gasteiger charge is -2.49. The van der Waals surface area contributed by atoms with Crippen LogP contribution in [0.1, 0.15) is 0 Å². The lowest BCUT2D eigenvalue weighted by molar-refractivity contribution is -0.392. The number of aliphatic hydroxyl groups excluding tert-OH is 17. The standard InChI is InChI=1S/C30H52O26/c31-1-6-11(36)12(37)18(43)27(49-6)54-23-8(3-33)51-29(20(45)14(23)39)56-25-10(5-35)52-30(21(46)16(25)41)55-24-9(4-34)50-28(19(44)15(24)40)53-22-7(2-32)48-26(47)17(42)13(22)38/h6-47H,1-5H2/t6-,7-,8-,9-,10-,11-,12+,13-,14-,15-,16-,17-,18-,19-,20-,21-,22-,23-,24-,25-,26-,27+,28+,29+,30+/m1/s1. The van der Waals surface area contributed by atoms with E-state index in [1.54, 1.807) is 0 Å². The van der Waals surface area contributed by atoms with Gasteiger partial charge in [-0.25, -0.2) is 0 Å². The molecule has 0 aromatic rings. The molecule has 56 heavy (non-hydrogen) atoms. The van der Waals surface area contributed by atoms with E-state index in [1.807, 2.05) is 0 Å². The average molecular weight is 829 g/mol. The minimum absolute atomic E-state index is 0.811. The third kappa shape index (κ3) is 9.16. The van der Waals surface area contributed by atoms with Gasteiger partial charge in [-0.3, -0.25) is 0 Å². The van der Waals surface area contributed by atoms with Gasteiger partial charge >= 0.3 is 0 Å². The maximum absolute atomic E-state index is 11.1. The molecule has 0 bridgehead atoms. The topological polar surface area (TPSA) is 427 Å². The van der Waals surface area contributed by atoms with E-state index in [0.717, 1.165) is 0 Å².